The zero-order valence-electron chi connectivity index (χ0n) is 7.84. The summed E-state index contributed by atoms with van der Waals surface area (Å²) in [4.78, 5) is 2.14. The van der Waals surface area contributed by atoms with Crippen molar-refractivity contribution < 1.29 is 0 Å². The zero-order valence-corrected chi connectivity index (χ0v) is 7.84. The SMILES string of the molecule is CCCCCC#CN1CC=CC1. The molecule has 1 heterocycles. The van der Waals surface area contributed by atoms with E-state index in [1.165, 1.54) is 19.3 Å². The molecule has 1 aliphatic heterocycles. The van der Waals surface area contributed by atoms with Gasteiger partial charge < -0.3 is 4.90 Å². The molecule has 1 heteroatoms. The van der Waals surface area contributed by atoms with Gasteiger partial charge >= 0.3 is 0 Å². The van der Waals surface area contributed by atoms with Gasteiger partial charge in [0, 0.05) is 25.6 Å². The molecule has 0 atom stereocenters. The molecule has 1 aliphatic rings. The predicted molar refractivity (Wildman–Crippen MR) is 52.6 cm³/mol. The van der Waals surface area contributed by atoms with E-state index in [2.05, 4.69) is 35.9 Å². The van der Waals surface area contributed by atoms with Crippen molar-refractivity contribution in [3.8, 4) is 12.0 Å². The predicted octanol–water partition coefficient (Wildman–Crippen LogP) is 2.40. The van der Waals surface area contributed by atoms with E-state index >= 15 is 0 Å². The number of rotatable bonds is 3. The molecule has 0 unspecified atom stereocenters. The summed E-state index contributed by atoms with van der Waals surface area (Å²) in [6, 6.07) is 3.16. The van der Waals surface area contributed by atoms with Crippen LogP contribution in [0.5, 0.6) is 0 Å². The Kier molecular flexibility index (Phi) is 4.37. The lowest BCUT2D eigenvalue weighted by Crippen LogP contribution is -2.11. The van der Waals surface area contributed by atoms with Crippen molar-refractivity contribution in [2.24, 2.45) is 0 Å². The minimum atomic E-state index is 1.01. The van der Waals surface area contributed by atoms with Gasteiger partial charge in [0.25, 0.3) is 0 Å². The van der Waals surface area contributed by atoms with Gasteiger partial charge in [-0.25, -0.2) is 0 Å². The quantitative estimate of drug-likeness (QED) is 0.351. The van der Waals surface area contributed by atoms with E-state index in [1.54, 1.807) is 0 Å². The van der Waals surface area contributed by atoms with Crippen molar-refractivity contribution in [2.45, 2.75) is 32.6 Å². The Morgan fingerprint density at radius 2 is 2.00 bits per heavy atom. The highest BCUT2D eigenvalue weighted by atomic mass is 15.1. The number of hydrogen-bond donors (Lipinski definition) is 0. The highest BCUT2D eigenvalue weighted by Crippen LogP contribution is 1.98. The van der Waals surface area contributed by atoms with Gasteiger partial charge in [-0.2, -0.15) is 0 Å². The van der Waals surface area contributed by atoms with Crippen LogP contribution in [0.1, 0.15) is 32.6 Å². The van der Waals surface area contributed by atoms with Crippen LogP contribution in [0.25, 0.3) is 0 Å². The van der Waals surface area contributed by atoms with Crippen molar-refractivity contribution in [2.75, 3.05) is 13.1 Å². The van der Waals surface area contributed by atoms with Crippen LogP contribution < -0.4 is 0 Å². The molecule has 0 spiro atoms. The van der Waals surface area contributed by atoms with Crippen LogP contribution in [0.4, 0.5) is 0 Å². The third-order valence-corrected chi connectivity index (χ3v) is 1.96. The number of unbranched alkanes of at least 4 members (excludes halogenated alkanes) is 3. The van der Waals surface area contributed by atoms with E-state index in [0.29, 0.717) is 0 Å². The van der Waals surface area contributed by atoms with E-state index in [0.717, 1.165) is 19.5 Å². The Morgan fingerprint density at radius 1 is 1.25 bits per heavy atom. The van der Waals surface area contributed by atoms with E-state index in [-0.39, 0.29) is 0 Å². The maximum absolute atomic E-state index is 3.20. The summed E-state index contributed by atoms with van der Waals surface area (Å²) in [5.74, 6) is 3.20. The molecule has 12 heavy (non-hydrogen) atoms. The summed E-state index contributed by atoms with van der Waals surface area (Å²) in [7, 11) is 0. The normalized spacial score (nSPS) is 14.6. The molecule has 0 bridgehead atoms. The molecule has 0 saturated carbocycles. The molecular formula is C11H17N. The Balaban J connectivity index is 2.03. The molecule has 0 aromatic rings. The van der Waals surface area contributed by atoms with E-state index in [4.69, 9.17) is 0 Å². The van der Waals surface area contributed by atoms with Crippen molar-refractivity contribution >= 4 is 0 Å². The van der Waals surface area contributed by atoms with E-state index in [1.807, 2.05) is 0 Å². The zero-order chi connectivity index (χ0) is 8.65. The molecule has 0 saturated heterocycles. The summed E-state index contributed by atoms with van der Waals surface area (Å²) < 4.78 is 0. The Labute approximate surface area is 75.5 Å². The third-order valence-electron chi connectivity index (χ3n) is 1.96. The summed E-state index contributed by atoms with van der Waals surface area (Å²) in [6.07, 6.45) is 9.25. The molecule has 0 radical (unpaired) electrons. The molecule has 1 rings (SSSR count). The second-order valence-electron chi connectivity index (χ2n) is 3.12. The first-order chi connectivity index (χ1) is 5.93. The molecule has 1 nitrogen and oxygen atoms in total. The maximum Gasteiger partial charge on any atom is 0.0445 e. The first-order valence-corrected chi connectivity index (χ1v) is 4.82. The molecular weight excluding hydrogens is 146 g/mol. The average molecular weight is 163 g/mol. The third kappa shape index (κ3) is 3.48. The van der Waals surface area contributed by atoms with Crippen molar-refractivity contribution in [3.05, 3.63) is 12.2 Å². The summed E-state index contributed by atoms with van der Waals surface area (Å²) in [6.45, 7) is 4.25. The smallest absolute Gasteiger partial charge is 0.0445 e. The number of hydrogen-bond acceptors (Lipinski definition) is 1. The minimum absolute atomic E-state index is 1.01. The second kappa shape index (κ2) is 5.71. The lowest BCUT2D eigenvalue weighted by molar-refractivity contribution is 0.515. The van der Waals surface area contributed by atoms with Crippen LogP contribution in [-0.2, 0) is 0 Å². The fraction of sp³-hybridized carbons (Fsp3) is 0.636. The molecule has 0 aromatic heterocycles. The van der Waals surface area contributed by atoms with Crippen LogP contribution >= 0.6 is 0 Å². The van der Waals surface area contributed by atoms with E-state index in [9.17, 15) is 0 Å². The Bertz CT molecular complexity index is 187. The van der Waals surface area contributed by atoms with Crippen molar-refractivity contribution in [1.82, 2.24) is 4.90 Å². The number of nitrogens with zero attached hydrogens (tertiary/aromatic N) is 1. The van der Waals surface area contributed by atoms with Gasteiger partial charge in [0.05, 0.1) is 0 Å². The highest BCUT2D eigenvalue weighted by Gasteiger charge is 1.98. The molecule has 66 valence electrons. The van der Waals surface area contributed by atoms with Gasteiger partial charge in [-0.15, -0.1) is 0 Å². The molecule has 0 amide bonds. The second-order valence-corrected chi connectivity index (χ2v) is 3.12. The van der Waals surface area contributed by atoms with Crippen molar-refractivity contribution in [1.29, 1.82) is 0 Å². The fourth-order valence-electron chi connectivity index (χ4n) is 1.20. The van der Waals surface area contributed by atoms with E-state index < -0.39 is 0 Å². The van der Waals surface area contributed by atoms with Crippen molar-refractivity contribution in [3.63, 3.8) is 0 Å². The highest BCUT2D eigenvalue weighted by molar-refractivity contribution is 5.07. The van der Waals surface area contributed by atoms with Gasteiger partial charge in [-0.05, 0) is 6.42 Å². The van der Waals surface area contributed by atoms with Crippen LogP contribution in [0.3, 0.4) is 0 Å². The molecule has 0 N–H and O–H groups in total. The first kappa shape index (κ1) is 9.19. The molecule has 0 fully saturated rings. The summed E-state index contributed by atoms with van der Waals surface area (Å²) in [5, 5.41) is 0. The lowest BCUT2D eigenvalue weighted by atomic mass is 10.2. The standard InChI is InChI=1S/C11H17N/c1-2-3-4-5-6-9-12-10-7-8-11-12/h7-8H,2-5,10-11H2,1H3. The lowest BCUT2D eigenvalue weighted by Gasteiger charge is -2.05. The topological polar surface area (TPSA) is 3.24 Å². The van der Waals surface area contributed by atoms with Gasteiger partial charge in [-0.1, -0.05) is 37.8 Å². The van der Waals surface area contributed by atoms with Gasteiger partial charge in [0.15, 0.2) is 0 Å². The summed E-state index contributed by atoms with van der Waals surface area (Å²) in [5.41, 5.74) is 0. The Morgan fingerprint density at radius 3 is 2.67 bits per heavy atom. The largest absolute Gasteiger partial charge is 0.325 e. The van der Waals surface area contributed by atoms with Gasteiger partial charge in [0.1, 0.15) is 0 Å². The average Bonchev–Trinajstić information content (AvgIpc) is 2.57. The molecule has 0 aromatic carbocycles. The van der Waals surface area contributed by atoms with Gasteiger partial charge in [-0.3, -0.25) is 0 Å². The van der Waals surface area contributed by atoms with Crippen LogP contribution in [0.15, 0.2) is 12.2 Å². The fourth-order valence-corrected chi connectivity index (χ4v) is 1.20. The van der Waals surface area contributed by atoms with Crippen LogP contribution in [0, 0.1) is 12.0 Å². The summed E-state index contributed by atoms with van der Waals surface area (Å²) >= 11 is 0. The van der Waals surface area contributed by atoms with Crippen LogP contribution in [-0.4, -0.2) is 18.0 Å². The maximum atomic E-state index is 3.20. The monoisotopic (exact) mass is 163 g/mol. The molecule has 0 aliphatic carbocycles. The Hall–Kier alpha value is -0.900. The first-order valence-electron chi connectivity index (χ1n) is 4.82. The minimum Gasteiger partial charge on any atom is -0.325 e. The van der Waals surface area contributed by atoms with Gasteiger partial charge in [0.2, 0.25) is 0 Å². The van der Waals surface area contributed by atoms with Crippen LogP contribution in [0.2, 0.25) is 0 Å².